The number of carbonyl (C=O) groups excluding carboxylic acids is 1. The summed E-state index contributed by atoms with van der Waals surface area (Å²) < 4.78 is 41.3. The number of aromatic nitrogens is 2. The average molecular weight is 379 g/mol. The molecule has 1 N–H and O–H groups in total. The number of hydrogen-bond donors (Lipinski definition) is 1. The fourth-order valence-electron chi connectivity index (χ4n) is 2.37. The summed E-state index contributed by atoms with van der Waals surface area (Å²) in [4.78, 5) is 28.8. The van der Waals surface area contributed by atoms with Crippen molar-refractivity contribution in [1.29, 1.82) is 0 Å². The van der Waals surface area contributed by atoms with Gasteiger partial charge >= 0.3 is 0 Å². The predicted octanol–water partition coefficient (Wildman–Crippen LogP) is 2.85. The third kappa shape index (κ3) is 3.43. The Balaban J connectivity index is 2.00. The molecule has 0 fully saturated rings. The van der Waals surface area contributed by atoms with Gasteiger partial charge < -0.3 is 0 Å². The summed E-state index contributed by atoms with van der Waals surface area (Å²) in [5, 5.41) is -0.108. The lowest BCUT2D eigenvalue weighted by atomic mass is 10.1. The zero-order valence-electron chi connectivity index (χ0n) is 13.4. The van der Waals surface area contributed by atoms with E-state index in [4.69, 9.17) is 0 Å². The van der Waals surface area contributed by atoms with E-state index < -0.39 is 28.9 Å². The number of rotatable bonds is 4. The van der Waals surface area contributed by atoms with Gasteiger partial charge in [0.2, 0.25) is 5.91 Å². The van der Waals surface area contributed by atoms with Crippen LogP contribution in [0.25, 0.3) is 10.9 Å². The van der Waals surface area contributed by atoms with Gasteiger partial charge in [-0.3, -0.25) is 15.0 Å². The van der Waals surface area contributed by atoms with E-state index in [-0.39, 0.29) is 28.0 Å². The van der Waals surface area contributed by atoms with Gasteiger partial charge in [-0.1, -0.05) is 30.0 Å². The van der Waals surface area contributed by atoms with Crippen molar-refractivity contribution in [2.24, 2.45) is 0 Å². The van der Waals surface area contributed by atoms with Crippen LogP contribution in [-0.2, 0) is 11.2 Å². The van der Waals surface area contributed by atoms with E-state index in [1.54, 1.807) is 12.3 Å². The van der Waals surface area contributed by atoms with Crippen molar-refractivity contribution in [1.82, 2.24) is 9.66 Å². The molecule has 3 rings (SSSR count). The average Bonchev–Trinajstić information content (AvgIpc) is 2.61. The van der Waals surface area contributed by atoms with Gasteiger partial charge in [-0.15, -0.1) is 0 Å². The molecule has 0 saturated carbocycles. The van der Waals surface area contributed by atoms with Crippen LogP contribution >= 0.6 is 11.8 Å². The normalized spacial score (nSPS) is 10.9. The molecule has 0 aliphatic carbocycles. The van der Waals surface area contributed by atoms with Gasteiger partial charge in [-0.2, -0.15) is 4.68 Å². The first kappa shape index (κ1) is 18.0. The van der Waals surface area contributed by atoms with E-state index in [2.05, 4.69) is 10.4 Å². The highest BCUT2D eigenvalue weighted by atomic mass is 32.2. The Hall–Kier alpha value is -2.81. The molecule has 0 atom stereocenters. The number of thioether (sulfide) groups is 1. The zero-order valence-corrected chi connectivity index (χ0v) is 14.2. The number of benzene rings is 2. The highest BCUT2D eigenvalue weighted by Crippen LogP contribution is 2.17. The minimum atomic E-state index is -1.20. The maximum absolute atomic E-state index is 13.7. The van der Waals surface area contributed by atoms with Gasteiger partial charge in [0.1, 0.15) is 5.82 Å². The molecule has 0 saturated heterocycles. The number of hydrogen-bond acceptors (Lipinski definition) is 4. The van der Waals surface area contributed by atoms with Crippen LogP contribution in [0.4, 0.5) is 13.2 Å². The van der Waals surface area contributed by atoms with E-state index in [0.29, 0.717) is 0 Å². The monoisotopic (exact) mass is 379 g/mol. The first-order valence-electron chi connectivity index (χ1n) is 7.39. The van der Waals surface area contributed by atoms with Crippen LogP contribution in [0.1, 0.15) is 5.56 Å². The SMILES string of the molecule is CSc1nc2cc(F)c(F)cc2c(=O)n1NC(=O)Cc1ccccc1F. The number of nitrogens with one attached hydrogen (secondary N) is 1. The smallest absolute Gasteiger partial charge is 0.273 e. The van der Waals surface area contributed by atoms with Crippen molar-refractivity contribution >= 4 is 28.6 Å². The lowest BCUT2D eigenvalue weighted by Crippen LogP contribution is -2.36. The number of nitrogens with zero attached hydrogens (tertiary/aromatic N) is 2. The number of halogens is 3. The van der Waals surface area contributed by atoms with Crippen LogP contribution in [0.2, 0.25) is 0 Å². The van der Waals surface area contributed by atoms with Gasteiger partial charge in [0.15, 0.2) is 16.8 Å². The molecular formula is C17H12F3N3O2S. The number of carbonyl (C=O) groups is 1. The molecular weight excluding hydrogens is 367 g/mol. The molecule has 3 aromatic rings. The Morgan fingerprint density at radius 3 is 2.54 bits per heavy atom. The zero-order chi connectivity index (χ0) is 18.8. The largest absolute Gasteiger partial charge is 0.281 e. The molecule has 1 amide bonds. The molecule has 0 unspecified atom stereocenters. The van der Waals surface area contributed by atoms with Crippen molar-refractivity contribution < 1.29 is 18.0 Å². The third-order valence-electron chi connectivity index (χ3n) is 3.61. The fourth-order valence-corrected chi connectivity index (χ4v) is 2.88. The summed E-state index contributed by atoms with van der Waals surface area (Å²) in [6, 6.07) is 7.29. The summed E-state index contributed by atoms with van der Waals surface area (Å²) in [7, 11) is 0. The molecule has 1 heterocycles. The Morgan fingerprint density at radius 1 is 1.15 bits per heavy atom. The van der Waals surface area contributed by atoms with Crippen LogP contribution in [0, 0.1) is 17.5 Å². The van der Waals surface area contributed by atoms with Gasteiger partial charge in [-0.05, 0) is 24.0 Å². The molecule has 26 heavy (non-hydrogen) atoms. The number of fused-ring (bicyclic) bond motifs is 1. The van der Waals surface area contributed by atoms with E-state index in [1.807, 2.05) is 0 Å². The van der Waals surface area contributed by atoms with Gasteiger partial charge in [0.05, 0.1) is 17.3 Å². The molecule has 0 aliphatic rings. The Labute approximate surface area is 149 Å². The quantitative estimate of drug-likeness (QED) is 0.559. The molecule has 0 spiro atoms. The van der Waals surface area contributed by atoms with Crippen LogP contribution in [0.3, 0.4) is 0 Å². The van der Waals surface area contributed by atoms with Crippen molar-refractivity contribution in [2.75, 3.05) is 11.7 Å². The molecule has 0 aliphatic heterocycles. The molecule has 134 valence electrons. The first-order valence-corrected chi connectivity index (χ1v) is 8.62. The minimum Gasteiger partial charge on any atom is -0.273 e. The molecule has 0 bridgehead atoms. The van der Waals surface area contributed by atoms with Crippen LogP contribution in [-0.4, -0.2) is 21.8 Å². The van der Waals surface area contributed by atoms with Crippen molar-refractivity contribution in [2.45, 2.75) is 11.6 Å². The third-order valence-corrected chi connectivity index (χ3v) is 4.25. The van der Waals surface area contributed by atoms with Crippen LogP contribution in [0.15, 0.2) is 46.3 Å². The summed E-state index contributed by atoms with van der Waals surface area (Å²) in [6.07, 6.45) is 1.30. The Morgan fingerprint density at radius 2 is 1.85 bits per heavy atom. The van der Waals surface area contributed by atoms with Gasteiger partial charge in [0, 0.05) is 6.07 Å². The second-order valence-electron chi connectivity index (χ2n) is 5.33. The van der Waals surface area contributed by atoms with Crippen LogP contribution < -0.4 is 11.0 Å². The second kappa shape index (κ2) is 7.20. The van der Waals surface area contributed by atoms with Gasteiger partial charge in [0.25, 0.3) is 5.56 Å². The molecule has 0 radical (unpaired) electrons. The van der Waals surface area contributed by atoms with E-state index in [1.165, 1.54) is 18.2 Å². The Kier molecular flexibility index (Phi) is 4.99. The Bertz CT molecular complexity index is 1070. The first-order chi connectivity index (χ1) is 12.4. The second-order valence-corrected chi connectivity index (χ2v) is 6.10. The highest BCUT2D eigenvalue weighted by molar-refractivity contribution is 7.98. The van der Waals surface area contributed by atoms with E-state index in [0.717, 1.165) is 28.6 Å². The summed E-state index contributed by atoms with van der Waals surface area (Å²) in [6.45, 7) is 0. The minimum absolute atomic E-state index is 0.0298. The molecule has 9 heteroatoms. The van der Waals surface area contributed by atoms with Crippen molar-refractivity contribution in [3.05, 3.63) is 69.8 Å². The maximum Gasteiger partial charge on any atom is 0.281 e. The highest BCUT2D eigenvalue weighted by Gasteiger charge is 2.16. The summed E-state index contributed by atoms with van der Waals surface area (Å²) in [5.41, 5.74) is 1.70. The topological polar surface area (TPSA) is 64.0 Å². The van der Waals surface area contributed by atoms with Gasteiger partial charge in [-0.25, -0.2) is 18.2 Å². The molecule has 2 aromatic carbocycles. The molecule has 1 aromatic heterocycles. The van der Waals surface area contributed by atoms with E-state index in [9.17, 15) is 22.8 Å². The fraction of sp³-hybridized carbons (Fsp3) is 0.118. The molecule has 5 nitrogen and oxygen atoms in total. The maximum atomic E-state index is 13.7. The standard InChI is InChI=1S/C17H12F3N3O2S/c1-26-17-21-14-8-13(20)12(19)7-10(14)16(25)23(17)22-15(24)6-9-4-2-3-5-11(9)18/h2-5,7-8H,6H2,1H3,(H,22,24). The summed E-state index contributed by atoms with van der Waals surface area (Å²) in [5.74, 6) is -3.53. The summed E-state index contributed by atoms with van der Waals surface area (Å²) >= 11 is 1.03. The lowest BCUT2D eigenvalue weighted by molar-refractivity contribution is -0.116. The predicted molar refractivity (Wildman–Crippen MR) is 92.2 cm³/mol. The van der Waals surface area contributed by atoms with Crippen molar-refractivity contribution in [3.63, 3.8) is 0 Å². The van der Waals surface area contributed by atoms with E-state index >= 15 is 0 Å². The van der Waals surface area contributed by atoms with Crippen LogP contribution in [0.5, 0.6) is 0 Å². The van der Waals surface area contributed by atoms with Crippen molar-refractivity contribution in [3.8, 4) is 0 Å². The lowest BCUT2D eigenvalue weighted by Gasteiger charge is -2.13. The number of amides is 1.